The average Bonchev–Trinajstić information content (AvgIpc) is 2.82. The smallest absolute Gasteiger partial charge is 0.331 e. The number of fused-ring (bicyclic) bond motifs is 1. The Morgan fingerprint density at radius 3 is 2.65 bits per heavy atom. The molecule has 1 atom stereocenters. The summed E-state index contributed by atoms with van der Waals surface area (Å²) in [7, 11) is 0. The van der Waals surface area contributed by atoms with Crippen molar-refractivity contribution in [3.05, 3.63) is 29.3 Å². The van der Waals surface area contributed by atoms with Crippen LogP contribution in [-0.2, 0) is 16.1 Å². The number of nitrogens with zero attached hydrogens (tertiary/aromatic N) is 2. The molecule has 5 N–H and O–H groups in total. The minimum Gasteiger partial charge on any atom is -0.398 e. The number of nitrogens with two attached hydrogens (primary N) is 2. The van der Waals surface area contributed by atoms with Gasteiger partial charge in [0.15, 0.2) is 0 Å². The molecular weight excluding hydrogens is 302 g/mol. The first-order chi connectivity index (χ1) is 10.9. The van der Waals surface area contributed by atoms with Crippen molar-refractivity contribution in [1.82, 2.24) is 15.3 Å². The van der Waals surface area contributed by atoms with Crippen molar-refractivity contribution in [2.75, 3.05) is 5.73 Å². The molecule has 0 spiro atoms. The average molecular weight is 317 g/mol. The van der Waals surface area contributed by atoms with Crippen molar-refractivity contribution in [2.24, 2.45) is 5.73 Å². The van der Waals surface area contributed by atoms with E-state index in [0.717, 1.165) is 0 Å². The van der Waals surface area contributed by atoms with Gasteiger partial charge >= 0.3 is 6.03 Å². The number of hydrogen-bond donors (Lipinski definition) is 3. The van der Waals surface area contributed by atoms with Crippen LogP contribution in [0.25, 0.3) is 0 Å². The van der Waals surface area contributed by atoms with E-state index >= 15 is 0 Å². The monoisotopic (exact) mass is 317 g/mol. The SMILES string of the molecule is NC(=O)NN1C(=O)CCC(N2Cc3c(N)cccc3C2=O)C1=O. The lowest BCUT2D eigenvalue weighted by Gasteiger charge is -2.34. The zero-order chi connectivity index (χ0) is 16.7. The van der Waals surface area contributed by atoms with Gasteiger partial charge in [0, 0.05) is 29.8 Å². The maximum absolute atomic E-state index is 12.5. The minimum absolute atomic E-state index is 0.0201. The summed E-state index contributed by atoms with van der Waals surface area (Å²) in [6.45, 7) is 0.190. The van der Waals surface area contributed by atoms with Crippen molar-refractivity contribution in [2.45, 2.75) is 25.4 Å². The van der Waals surface area contributed by atoms with Gasteiger partial charge in [0.05, 0.1) is 0 Å². The first kappa shape index (κ1) is 14.8. The third-order valence-corrected chi connectivity index (χ3v) is 4.02. The number of carbonyl (C=O) groups excluding carboxylic acids is 4. The number of benzene rings is 1. The van der Waals surface area contributed by atoms with Crippen LogP contribution >= 0.6 is 0 Å². The number of anilines is 1. The molecule has 9 nitrogen and oxygen atoms in total. The Hall–Kier alpha value is -3.10. The van der Waals surface area contributed by atoms with Crippen LogP contribution in [0.2, 0.25) is 0 Å². The number of urea groups is 1. The summed E-state index contributed by atoms with van der Waals surface area (Å²) in [6, 6.07) is 3.13. The number of hydrogen-bond acceptors (Lipinski definition) is 5. The van der Waals surface area contributed by atoms with E-state index < -0.39 is 23.9 Å². The van der Waals surface area contributed by atoms with E-state index in [1.807, 2.05) is 5.43 Å². The molecule has 0 radical (unpaired) electrons. The largest absolute Gasteiger partial charge is 0.398 e. The predicted octanol–water partition coefficient (Wildman–Crippen LogP) is -0.674. The fraction of sp³-hybridized carbons (Fsp3) is 0.286. The highest BCUT2D eigenvalue weighted by Gasteiger charge is 2.43. The van der Waals surface area contributed by atoms with Gasteiger partial charge in [-0.2, -0.15) is 5.01 Å². The van der Waals surface area contributed by atoms with E-state index in [2.05, 4.69) is 0 Å². The van der Waals surface area contributed by atoms with Crippen molar-refractivity contribution in [3.8, 4) is 0 Å². The molecule has 9 heteroatoms. The normalized spacial score (nSPS) is 20.7. The Kier molecular flexibility index (Phi) is 3.40. The highest BCUT2D eigenvalue weighted by atomic mass is 16.2. The molecule has 1 fully saturated rings. The minimum atomic E-state index is -1.02. The van der Waals surface area contributed by atoms with Crippen LogP contribution in [0.4, 0.5) is 10.5 Å². The summed E-state index contributed by atoms with van der Waals surface area (Å²) >= 11 is 0. The van der Waals surface area contributed by atoms with Gasteiger partial charge < -0.3 is 16.4 Å². The summed E-state index contributed by atoms with van der Waals surface area (Å²) in [5.74, 6) is -1.56. The molecule has 2 aliphatic rings. The first-order valence-corrected chi connectivity index (χ1v) is 7.01. The molecule has 0 aliphatic carbocycles. The highest BCUT2D eigenvalue weighted by molar-refractivity contribution is 6.06. The van der Waals surface area contributed by atoms with Gasteiger partial charge in [-0.05, 0) is 18.6 Å². The third-order valence-electron chi connectivity index (χ3n) is 4.02. The van der Waals surface area contributed by atoms with Crippen molar-refractivity contribution in [1.29, 1.82) is 0 Å². The molecule has 2 heterocycles. The van der Waals surface area contributed by atoms with E-state index in [0.29, 0.717) is 21.8 Å². The van der Waals surface area contributed by atoms with Gasteiger partial charge in [-0.1, -0.05) is 6.07 Å². The molecular formula is C14H15N5O4. The topological polar surface area (TPSA) is 139 Å². The molecule has 0 bridgehead atoms. The van der Waals surface area contributed by atoms with E-state index in [9.17, 15) is 19.2 Å². The number of carbonyl (C=O) groups is 4. The fourth-order valence-corrected chi connectivity index (χ4v) is 2.91. The number of nitrogens with one attached hydrogen (secondary N) is 1. The van der Waals surface area contributed by atoms with Gasteiger partial charge in [0.25, 0.3) is 11.8 Å². The van der Waals surface area contributed by atoms with Crippen molar-refractivity contribution in [3.63, 3.8) is 0 Å². The number of rotatable bonds is 2. The third kappa shape index (κ3) is 2.35. The van der Waals surface area contributed by atoms with Gasteiger partial charge in [-0.15, -0.1) is 0 Å². The number of hydrazine groups is 1. The number of amides is 5. The second-order valence-electron chi connectivity index (χ2n) is 5.40. The number of piperidine rings is 1. The molecule has 3 rings (SSSR count). The highest BCUT2D eigenvalue weighted by Crippen LogP contribution is 2.31. The molecule has 1 unspecified atom stereocenters. The second kappa shape index (κ2) is 5.27. The molecule has 0 saturated carbocycles. The standard InChI is InChI=1S/C14H15N5O4/c15-9-3-1-2-7-8(9)6-18(12(7)21)10-4-5-11(20)19(13(10)22)17-14(16)23/h1-3,10H,4-6,15H2,(H3,16,17,23). The Morgan fingerprint density at radius 2 is 2.00 bits per heavy atom. The molecule has 1 aromatic carbocycles. The van der Waals surface area contributed by atoms with Crippen molar-refractivity contribution < 1.29 is 19.2 Å². The van der Waals surface area contributed by atoms with E-state index in [-0.39, 0.29) is 25.3 Å². The summed E-state index contributed by atoms with van der Waals surface area (Å²) in [4.78, 5) is 49.0. The number of imide groups is 1. The number of primary amides is 1. The molecule has 120 valence electrons. The fourth-order valence-electron chi connectivity index (χ4n) is 2.91. The lowest BCUT2D eigenvalue weighted by Crippen LogP contribution is -2.61. The van der Waals surface area contributed by atoms with E-state index in [4.69, 9.17) is 11.5 Å². The second-order valence-corrected chi connectivity index (χ2v) is 5.40. The summed E-state index contributed by atoms with van der Waals surface area (Å²) in [6.07, 6.45) is 0.209. The molecule has 5 amide bonds. The Bertz CT molecular complexity index is 732. The van der Waals surface area contributed by atoms with Gasteiger partial charge in [0.2, 0.25) is 5.91 Å². The Morgan fingerprint density at radius 1 is 1.26 bits per heavy atom. The lowest BCUT2D eigenvalue weighted by atomic mass is 10.0. The Labute approximate surface area is 131 Å². The molecule has 23 heavy (non-hydrogen) atoms. The van der Waals surface area contributed by atoms with Crippen LogP contribution in [0, 0.1) is 0 Å². The van der Waals surface area contributed by atoms with E-state index in [1.54, 1.807) is 18.2 Å². The number of nitrogen functional groups attached to an aromatic ring is 1. The molecule has 1 aromatic rings. The van der Waals surface area contributed by atoms with Crippen LogP contribution in [0.15, 0.2) is 18.2 Å². The quantitative estimate of drug-likeness (QED) is 0.490. The van der Waals surface area contributed by atoms with Gasteiger partial charge in [0.1, 0.15) is 6.04 Å². The lowest BCUT2D eigenvalue weighted by molar-refractivity contribution is -0.155. The van der Waals surface area contributed by atoms with Crippen LogP contribution in [0.5, 0.6) is 0 Å². The first-order valence-electron chi connectivity index (χ1n) is 7.01. The van der Waals surface area contributed by atoms with Gasteiger partial charge in [-0.25, -0.2) is 10.2 Å². The van der Waals surface area contributed by atoms with E-state index in [1.165, 1.54) is 4.90 Å². The molecule has 2 aliphatic heterocycles. The zero-order valence-electron chi connectivity index (χ0n) is 12.1. The molecule has 1 saturated heterocycles. The van der Waals surface area contributed by atoms with Crippen LogP contribution in [0.1, 0.15) is 28.8 Å². The summed E-state index contributed by atoms with van der Waals surface area (Å²) in [5.41, 5.74) is 14.4. The maximum Gasteiger partial charge on any atom is 0.331 e. The van der Waals surface area contributed by atoms with Crippen LogP contribution in [-0.4, -0.2) is 39.7 Å². The summed E-state index contributed by atoms with van der Waals surface area (Å²) in [5, 5.41) is 0.579. The van der Waals surface area contributed by atoms with Crippen LogP contribution < -0.4 is 16.9 Å². The van der Waals surface area contributed by atoms with Crippen molar-refractivity contribution >= 4 is 29.4 Å². The predicted molar refractivity (Wildman–Crippen MR) is 78.3 cm³/mol. The Balaban J connectivity index is 1.87. The van der Waals surface area contributed by atoms with Gasteiger partial charge in [-0.3, -0.25) is 14.4 Å². The van der Waals surface area contributed by atoms with Crippen LogP contribution in [0.3, 0.4) is 0 Å². The maximum atomic E-state index is 12.5. The zero-order valence-corrected chi connectivity index (χ0v) is 12.1. The summed E-state index contributed by atoms with van der Waals surface area (Å²) < 4.78 is 0. The molecule has 0 aromatic heterocycles.